The Balaban J connectivity index is 2.26. The molecule has 2 rings (SSSR count). The van der Waals surface area contributed by atoms with E-state index in [4.69, 9.17) is 0 Å². The van der Waals surface area contributed by atoms with Crippen molar-refractivity contribution in [2.24, 2.45) is 0 Å². The van der Waals surface area contributed by atoms with Crippen molar-refractivity contribution < 1.29 is 0 Å². The molecule has 0 spiro atoms. The molecule has 0 atom stereocenters. The van der Waals surface area contributed by atoms with E-state index in [2.05, 4.69) is 59.1 Å². The minimum atomic E-state index is 0.269. The SMILES string of the molecule is CCNc1nc(NCC(CC)(CC)SC)c2ccsc2n1. The number of thioether (sulfide) groups is 1. The van der Waals surface area contributed by atoms with E-state index >= 15 is 0 Å². The molecule has 116 valence electrons. The number of hydrogen-bond acceptors (Lipinski definition) is 6. The standard InChI is InChI=1S/C15H24N4S2/c1-5-15(6-2,20-4)10-17-12-11-8-9-21-13(11)19-14(18-12)16-7-3/h8-9H,5-7,10H2,1-4H3,(H2,16,17,18,19). The third kappa shape index (κ3) is 3.61. The molecule has 2 N–H and O–H groups in total. The Morgan fingerprint density at radius 3 is 2.57 bits per heavy atom. The maximum Gasteiger partial charge on any atom is 0.226 e. The summed E-state index contributed by atoms with van der Waals surface area (Å²) in [6.07, 6.45) is 4.49. The van der Waals surface area contributed by atoms with Gasteiger partial charge in [-0.1, -0.05) is 13.8 Å². The third-order valence-electron chi connectivity index (χ3n) is 3.96. The van der Waals surface area contributed by atoms with E-state index in [1.807, 2.05) is 11.8 Å². The quantitative estimate of drug-likeness (QED) is 0.751. The van der Waals surface area contributed by atoms with Gasteiger partial charge >= 0.3 is 0 Å². The molecule has 2 heterocycles. The first-order chi connectivity index (χ1) is 10.2. The van der Waals surface area contributed by atoms with Crippen LogP contribution in [0.3, 0.4) is 0 Å². The number of nitrogens with zero attached hydrogens (tertiary/aromatic N) is 2. The second-order valence-electron chi connectivity index (χ2n) is 5.01. The molecule has 4 nitrogen and oxygen atoms in total. The summed E-state index contributed by atoms with van der Waals surface area (Å²) in [6.45, 7) is 8.32. The predicted octanol–water partition coefficient (Wildman–Crippen LogP) is 4.46. The lowest BCUT2D eigenvalue weighted by molar-refractivity contribution is 0.574. The Bertz CT molecular complexity index is 570. The van der Waals surface area contributed by atoms with Gasteiger partial charge in [0.25, 0.3) is 0 Å². The van der Waals surface area contributed by atoms with Crippen LogP contribution in [0, 0.1) is 0 Å². The van der Waals surface area contributed by atoms with Crippen molar-refractivity contribution >= 4 is 45.1 Å². The molecule has 0 radical (unpaired) electrons. The number of rotatable bonds is 8. The topological polar surface area (TPSA) is 49.8 Å². The number of fused-ring (bicyclic) bond motifs is 1. The van der Waals surface area contributed by atoms with E-state index in [1.54, 1.807) is 11.3 Å². The van der Waals surface area contributed by atoms with E-state index in [0.717, 1.165) is 42.0 Å². The highest BCUT2D eigenvalue weighted by Gasteiger charge is 2.25. The number of nitrogens with one attached hydrogen (secondary N) is 2. The van der Waals surface area contributed by atoms with Crippen molar-refractivity contribution in [3.8, 4) is 0 Å². The maximum absolute atomic E-state index is 4.63. The maximum atomic E-state index is 4.63. The van der Waals surface area contributed by atoms with Gasteiger partial charge in [-0.2, -0.15) is 16.7 Å². The lowest BCUT2D eigenvalue weighted by Crippen LogP contribution is -2.32. The van der Waals surface area contributed by atoms with Gasteiger partial charge in [0.2, 0.25) is 5.95 Å². The molecule has 2 aromatic rings. The van der Waals surface area contributed by atoms with Gasteiger partial charge in [-0.05, 0) is 37.5 Å². The third-order valence-corrected chi connectivity index (χ3v) is 6.35. The molecule has 0 bridgehead atoms. The van der Waals surface area contributed by atoms with Crippen molar-refractivity contribution in [1.82, 2.24) is 9.97 Å². The molecule has 0 saturated carbocycles. The Labute approximate surface area is 135 Å². The number of thiophene rings is 1. The summed E-state index contributed by atoms with van der Waals surface area (Å²) < 4.78 is 0.269. The largest absolute Gasteiger partial charge is 0.368 e. The zero-order valence-electron chi connectivity index (χ0n) is 13.2. The van der Waals surface area contributed by atoms with E-state index < -0.39 is 0 Å². The minimum absolute atomic E-state index is 0.269. The summed E-state index contributed by atoms with van der Waals surface area (Å²) >= 11 is 3.60. The second-order valence-corrected chi connectivity index (χ2v) is 7.18. The van der Waals surface area contributed by atoms with Crippen LogP contribution >= 0.6 is 23.1 Å². The highest BCUT2D eigenvalue weighted by Crippen LogP contribution is 2.32. The van der Waals surface area contributed by atoms with Gasteiger partial charge in [0.15, 0.2) is 0 Å². The van der Waals surface area contributed by atoms with Crippen molar-refractivity contribution in [2.75, 3.05) is 30.0 Å². The summed E-state index contributed by atoms with van der Waals surface area (Å²) in [7, 11) is 0. The van der Waals surface area contributed by atoms with Crippen LogP contribution < -0.4 is 10.6 Å². The summed E-state index contributed by atoms with van der Waals surface area (Å²) in [6, 6.07) is 2.09. The molecule has 0 unspecified atom stereocenters. The Hall–Kier alpha value is -1.01. The lowest BCUT2D eigenvalue weighted by Gasteiger charge is -2.30. The summed E-state index contributed by atoms with van der Waals surface area (Å²) in [4.78, 5) is 10.2. The molecule has 0 aliphatic heterocycles. The molecule has 0 saturated heterocycles. The molecular weight excluding hydrogens is 300 g/mol. The number of hydrogen-bond donors (Lipinski definition) is 2. The van der Waals surface area contributed by atoms with Crippen LogP contribution in [0.1, 0.15) is 33.6 Å². The van der Waals surface area contributed by atoms with Gasteiger partial charge in [0.1, 0.15) is 10.6 Å². The summed E-state index contributed by atoms with van der Waals surface area (Å²) in [5.74, 6) is 1.65. The highest BCUT2D eigenvalue weighted by molar-refractivity contribution is 8.00. The number of anilines is 2. The van der Waals surface area contributed by atoms with Crippen molar-refractivity contribution in [2.45, 2.75) is 38.4 Å². The first-order valence-electron chi connectivity index (χ1n) is 7.46. The van der Waals surface area contributed by atoms with Crippen LogP contribution in [0.4, 0.5) is 11.8 Å². The first-order valence-corrected chi connectivity index (χ1v) is 9.56. The van der Waals surface area contributed by atoms with Crippen molar-refractivity contribution in [1.29, 1.82) is 0 Å². The van der Waals surface area contributed by atoms with Crippen LogP contribution in [0.2, 0.25) is 0 Å². The molecular formula is C15H24N4S2. The average Bonchev–Trinajstić information content (AvgIpc) is 2.98. The van der Waals surface area contributed by atoms with Crippen LogP contribution in [-0.4, -0.2) is 34.1 Å². The molecule has 6 heteroatoms. The smallest absolute Gasteiger partial charge is 0.226 e. The molecule has 2 aromatic heterocycles. The van der Waals surface area contributed by atoms with Gasteiger partial charge in [-0.15, -0.1) is 11.3 Å². The monoisotopic (exact) mass is 324 g/mol. The second kappa shape index (κ2) is 7.31. The van der Waals surface area contributed by atoms with Crippen LogP contribution in [0.15, 0.2) is 11.4 Å². The molecule has 0 fully saturated rings. The fourth-order valence-electron chi connectivity index (χ4n) is 2.33. The molecule has 0 aliphatic carbocycles. The van der Waals surface area contributed by atoms with E-state index in [-0.39, 0.29) is 4.75 Å². The summed E-state index contributed by atoms with van der Waals surface area (Å²) in [5.41, 5.74) is 0. The van der Waals surface area contributed by atoms with E-state index in [1.165, 1.54) is 0 Å². The Kier molecular flexibility index (Phi) is 5.70. The molecule has 0 aliphatic rings. The van der Waals surface area contributed by atoms with Crippen LogP contribution in [0.5, 0.6) is 0 Å². The predicted molar refractivity (Wildman–Crippen MR) is 96.9 cm³/mol. The zero-order chi connectivity index (χ0) is 15.3. The van der Waals surface area contributed by atoms with E-state index in [9.17, 15) is 0 Å². The van der Waals surface area contributed by atoms with Gasteiger partial charge in [-0.25, -0.2) is 4.98 Å². The number of aromatic nitrogens is 2. The van der Waals surface area contributed by atoms with Crippen LogP contribution in [-0.2, 0) is 0 Å². The van der Waals surface area contributed by atoms with Crippen molar-refractivity contribution in [3.05, 3.63) is 11.4 Å². The highest BCUT2D eigenvalue weighted by atomic mass is 32.2. The normalized spacial score (nSPS) is 11.8. The Morgan fingerprint density at radius 1 is 1.19 bits per heavy atom. The summed E-state index contributed by atoms with van der Waals surface area (Å²) in [5, 5.41) is 9.96. The molecule has 0 amide bonds. The van der Waals surface area contributed by atoms with Crippen molar-refractivity contribution in [3.63, 3.8) is 0 Å². The molecule has 0 aromatic carbocycles. The fourth-order valence-corrected chi connectivity index (χ4v) is 3.89. The van der Waals surface area contributed by atoms with Gasteiger partial charge in [0.05, 0.1) is 5.39 Å². The first kappa shape index (κ1) is 16.4. The zero-order valence-corrected chi connectivity index (χ0v) is 14.8. The van der Waals surface area contributed by atoms with Gasteiger partial charge in [-0.3, -0.25) is 0 Å². The average molecular weight is 325 g/mol. The minimum Gasteiger partial charge on any atom is -0.368 e. The van der Waals surface area contributed by atoms with Gasteiger partial charge < -0.3 is 10.6 Å². The van der Waals surface area contributed by atoms with Crippen LogP contribution in [0.25, 0.3) is 10.2 Å². The fraction of sp³-hybridized carbons (Fsp3) is 0.600. The van der Waals surface area contributed by atoms with E-state index in [0.29, 0.717) is 5.95 Å². The lowest BCUT2D eigenvalue weighted by atomic mass is 10.0. The Morgan fingerprint density at radius 2 is 1.95 bits per heavy atom. The molecule has 21 heavy (non-hydrogen) atoms. The van der Waals surface area contributed by atoms with Gasteiger partial charge in [0, 0.05) is 17.8 Å².